The van der Waals surface area contributed by atoms with Crippen molar-refractivity contribution in [3.63, 3.8) is 0 Å². The smallest absolute Gasteiger partial charge is 0.138 e. The van der Waals surface area contributed by atoms with E-state index in [2.05, 4.69) is 18.2 Å². The maximum Gasteiger partial charge on any atom is 0.138 e. The van der Waals surface area contributed by atoms with Crippen molar-refractivity contribution in [2.75, 3.05) is 6.61 Å². The maximum atomic E-state index is 10.7. The van der Waals surface area contributed by atoms with Gasteiger partial charge in [-0.15, -0.1) is 0 Å². The molecule has 0 heterocycles. The fourth-order valence-corrected chi connectivity index (χ4v) is 1.56. The van der Waals surface area contributed by atoms with Crippen LogP contribution < -0.4 is 0 Å². The van der Waals surface area contributed by atoms with Crippen molar-refractivity contribution in [1.29, 1.82) is 0 Å². The molecule has 0 saturated heterocycles. The van der Waals surface area contributed by atoms with Gasteiger partial charge >= 0.3 is 0 Å². The number of ether oxygens (including phenoxy) is 1. The van der Waals surface area contributed by atoms with Gasteiger partial charge in [-0.1, -0.05) is 18.2 Å². The number of carbonyl (C=O) groups is 1. The van der Waals surface area contributed by atoms with E-state index in [9.17, 15) is 4.79 Å². The van der Waals surface area contributed by atoms with Crippen molar-refractivity contribution >= 4 is 5.78 Å². The van der Waals surface area contributed by atoms with Gasteiger partial charge < -0.3 is 4.74 Å². The van der Waals surface area contributed by atoms with Crippen molar-refractivity contribution in [2.24, 2.45) is 0 Å². The predicted molar refractivity (Wildman–Crippen MR) is 50.4 cm³/mol. The summed E-state index contributed by atoms with van der Waals surface area (Å²) in [5.74, 6) is 0.336. The standard InChI is InChI=1S/C11H14O2/c12-10-6-11(7-10)13-8-9-4-2-1-3-5-9/h1-2,4,11H,3,5-8H2. The Bertz CT molecular complexity index is 255. The second-order valence-corrected chi connectivity index (χ2v) is 3.67. The first-order valence-corrected chi connectivity index (χ1v) is 4.82. The highest BCUT2D eigenvalue weighted by atomic mass is 16.5. The van der Waals surface area contributed by atoms with Gasteiger partial charge in [-0.3, -0.25) is 4.79 Å². The Kier molecular flexibility index (Phi) is 2.60. The zero-order valence-corrected chi connectivity index (χ0v) is 7.66. The van der Waals surface area contributed by atoms with Crippen LogP contribution in [0.15, 0.2) is 23.8 Å². The van der Waals surface area contributed by atoms with E-state index in [1.54, 1.807) is 0 Å². The SMILES string of the molecule is O=C1CC(OCC2=CC=CCC2)C1. The molecule has 1 saturated carbocycles. The Morgan fingerprint density at radius 3 is 2.92 bits per heavy atom. The first-order valence-electron chi connectivity index (χ1n) is 4.82. The number of carbonyl (C=O) groups excluding carboxylic acids is 1. The summed E-state index contributed by atoms with van der Waals surface area (Å²) in [4.78, 5) is 10.7. The fourth-order valence-electron chi connectivity index (χ4n) is 1.56. The molecule has 0 N–H and O–H groups in total. The van der Waals surface area contributed by atoms with Gasteiger partial charge in [-0.05, 0) is 18.4 Å². The molecule has 13 heavy (non-hydrogen) atoms. The van der Waals surface area contributed by atoms with Crippen LogP contribution in [0.3, 0.4) is 0 Å². The van der Waals surface area contributed by atoms with Crippen molar-refractivity contribution in [1.82, 2.24) is 0 Å². The van der Waals surface area contributed by atoms with Crippen LogP contribution in [-0.4, -0.2) is 18.5 Å². The third-order valence-corrected chi connectivity index (χ3v) is 2.52. The lowest BCUT2D eigenvalue weighted by Crippen LogP contribution is -2.31. The van der Waals surface area contributed by atoms with E-state index in [0.717, 1.165) is 12.8 Å². The molecule has 0 bridgehead atoms. The molecule has 2 aliphatic rings. The largest absolute Gasteiger partial charge is 0.373 e. The van der Waals surface area contributed by atoms with Crippen LogP contribution in [0.1, 0.15) is 25.7 Å². The van der Waals surface area contributed by atoms with Gasteiger partial charge in [-0.25, -0.2) is 0 Å². The minimum absolute atomic E-state index is 0.208. The molecule has 0 unspecified atom stereocenters. The molecule has 0 radical (unpaired) electrons. The Balaban J connectivity index is 1.70. The normalized spacial score (nSPS) is 22.8. The van der Waals surface area contributed by atoms with Crippen LogP contribution in [0.2, 0.25) is 0 Å². The number of ketones is 1. The Labute approximate surface area is 78.3 Å². The van der Waals surface area contributed by atoms with E-state index in [0.29, 0.717) is 25.2 Å². The van der Waals surface area contributed by atoms with Gasteiger partial charge in [-0.2, -0.15) is 0 Å². The molecular formula is C11H14O2. The fraction of sp³-hybridized carbons (Fsp3) is 0.545. The number of hydrogen-bond acceptors (Lipinski definition) is 2. The second kappa shape index (κ2) is 3.88. The van der Waals surface area contributed by atoms with Gasteiger partial charge in [0.2, 0.25) is 0 Å². The van der Waals surface area contributed by atoms with E-state index < -0.39 is 0 Å². The van der Waals surface area contributed by atoms with E-state index >= 15 is 0 Å². The lowest BCUT2D eigenvalue weighted by atomic mass is 9.94. The van der Waals surface area contributed by atoms with Crippen LogP contribution in [-0.2, 0) is 9.53 Å². The summed E-state index contributed by atoms with van der Waals surface area (Å²) in [5.41, 5.74) is 1.35. The summed E-state index contributed by atoms with van der Waals surface area (Å²) < 4.78 is 5.56. The summed E-state index contributed by atoms with van der Waals surface area (Å²) in [6.07, 6.45) is 10.1. The first-order chi connectivity index (χ1) is 6.34. The maximum absolute atomic E-state index is 10.7. The monoisotopic (exact) mass is 178 g/mol. The topological polar surface area (TPSA) is 26.3 Å². The van der Waals surface area contributed by atoms with Crippen LogP contribution in [0.5, 0.6) is 0 Å². The Morgan fingerprint density at radius 1 is 1.46 bits per heavy atom. The molecule has 0 amide bonds. The molecule has 0 atom stereocenters. The molecule has 2 aliphatic carbocycles. The molecule has 0 spiro atoms. The van der Waals surface area contributed by atoms with Gasteiger partial charge in [0.1, 0.15) is 5.78 Å². The molecule has 0 aromatic rings. The summed E-state index contributed by atoms with van der Waals surface area (Å²) in [7, 11) is 0. The molecular weight excluding hydrogens is 164 g/mol. The number of rotatable bonds is 3. The number of hydrogen-bond donors (Lipinski definition) is 0. The molecule has 2 rings (SSSR count). The lowest BCUT2D eigenvalue weighted by Gasteiger charge is -2.25. The van der Waals surface area contributed by atoms with Gasteiger partial charge in [0.05, 0.1) is 12.7 Å². The summed E-state index contributed by atoms with van der Waals surface area (Å²) in [5, 5.41) is 0. The second-order valence-electron chi connectivity index (χ2n) is 3.67. The van der Waals surface area contributed by atoms with Crippen molar-refractivity contribution in [3.05, 3.63) is 23.8 Å². The lowest BCUT2D eigenvalue weighted by molar-refractivity contribution is -0.133. The molecule has 70 valence electrons. The van der Waals surface area contributed by atoms with E-state index in [-0.39, 0.29) is 6.10 Å². The molecule has 1 fully saturated rings. The summed E-state index contributed by atoms with van der Waals surface area (Å²) >= 11 is 0. The highest BCUT2D eigenvalue weighted by molar-refractivity contribution is 5.85. The van der Waals surface area contributed by atoms with Crippen molar-refractivity contribution in [2.45, 2.75) is 31.8 Å². The van der Waals surface area contributed by atoms with Crippen molar-refractivity contribution in [3.8, 4) is 0 Å². The molecule has 0 aliphatic heterocycles. The van der Waals surface area contributed by atoms with Crippen molar-refractivity contribution < 1.29 is 9.53 Å². The minimum Gasteiger partial charge on any atom is -0.373 e. The van der Waals surface area contributed by atoms with Crippen LogP contribution >= 0.6 is 0 Å². The zero-order valence-electron chi connectivity index (χ0n) is 7.66. The zero-order chi connectivity index (χ0) is 9.10. The molecule has 0 aromatic carbocycles. The minimum atomic E-state index is 0.208. The Hall–Kier alpha value is -0.890. The highest BCUT2D eigenvalue weighted by Gasteiger charge is 2.27. The average Bonchev–Trinajstić information content (AvgIpc) is 2.12. The number of allylic oxidation sites excluding steroid dienone is 3. The summed E-state index contributed by atoms with van der Waals surface area (Å²) in [6.45, 7) is 0.711. The Morgan fingerprint density at radius 2 is 2.31 bits per heavy atom. The summed E-state index contributed by atoms with van der Waals surface area (Å²) in [6, 6.07) is 0. The third-order valence-electron chi connectivity index (χ3n) is 2.52. The van der Waals surface area contributed by atoms with Crippen LogP contribution in [0.4, 0.5) is 0 Å². The van der Waals surface area contributed by atoms with Crippen LogP contribution in [0, 0.1) is 0 Å². The van der Waals surface area contributed by atoms with E-state index in [1.165, 1.54) is 5.57 Å². The quantitative estimate of drug-likeness (QED) is 0.660. The third kappa shape index (κ3) is 2.28. The number of Topliss-reactive ketones (excluding diaryl/α,β-unsaturated/α-hetero) is 1. The van der Waals surface area contributed by atoms with Crippen LogP contribution in [0.25, 0.3) is 0 Å². The average molecular weight is 178 g/mol. The highest BCUT2D eigenvalue weighted by Crippen LogP contribution is 2.20. The first kappa shape index (κ1) is 8.70. The predicted octanol–water partition coefficient (Wildman–Crippen LogP) is 2.01. The van der Waals surface area contributed by atoms with Gasteiger partial charge in [0, 0.05) is 12.8 Å². The molecule has 0 aromatic heterocycles. The van der Waals surface area contributed by atoms with E-state index in [1.807, 2.05) is 0 Å². The van der Waals surface area contributed by atoms with Gasteiger partial charge in [0.15, 0.2) is 0 Å². The van der Waals surface area contributed by atoms with E-state index in [4.69, 9.17) is 4.74 Å². The molecule has 2 heteroatoms. The van der Waals surface area contributed by atoms with Gasteiger partial charge in [0.25, 0.3) is 0 Å². The molecule has 2 nitrogen and oxygen atoms in total.